The normalized spacial score (nSPS) is 18.8. The average Bonchev–Trinajstić information content (AvgIpc) is 3.37. The third-order valence-electron chi connectivity index (χ3n) is 7.65. The zero-order valence-electron chi connectivity index (χ0n) is 27.8. The molecule has 0 aromatic heterocycles. The molecule has 0 spiro atoms. The number of alkyl halides is 3. The summed E-state index contributed by atoms with van der Waals surface area (Å²) in [6.45, 7) is 11.8. The van der Waals surface area contributed by atoms with Gasteiger partial charge in [0, 0.05) is 36.1 Å². The fourth-order valence-corrected chi connectivity index (χ4v) is 5.78. The van der Waals surface area contributed by atoms with Crippen LogP contribution in [0.1, 0.15) is 39.7 Å². The van der Waals surface area contributed by atoms with Crippen molar-refractivity contribution in [3.8, 4) is 29.1 Å². The number of ketones is 1. The standard InChI is InChI=1S/C31H45F3N2O8SSi/c1-20(37)21(11-10-12-35-29(38)31(32,33)34)16-36-28-15-26(27(44-28)17-43-46(8,9)30(2,3)4)42-19-45-18-23-24(40-6)13-22(39-5)14-25(23)41-7/h13-14,16,26-28,36H,12,15,17-19H2,1-9H3,(H,35,38)/b21-16-/t26?,27-,28-/m1/s1. The summed E-state index contributed by atoms with van der Waals surface area (Å²) in [4.78, 5) is 23.1. The number of ether oxygens (including phenoxy) is 5. The quantitative estimate of drug-likeness (QED) is 0.0841. The van der Waals surface area contributed by atoms with E-state index in [2.05, 4.69) is 51.0 Å². The monoisotopic (exact) mass is 690 g/mol. The van der Waals surface area contributed by atoms with Crippen molar-refractivity contribution in [1.82, 2.24) is 10.6 Å². The Morgan fingerprint density at radius 2 is 1.74 bits per heavy atom. The molecule has 1 saturated heterocycles. The lowest BCUT2D eigenvalue weighted by Gasteiger charge is -2.37. The van der Waals surface area contributed by atoms with E-state index in [0.717, 1.165) is 5.56 Å². The van der Waals surface area contributed by atoms with Gasteiger partial charge in [0.05, 0.1) is 52.1 Å². The Morgan fingerprint density at radius 1 is 1.11 bits per heavy atom. The minimum Gasteiger partial charge on any atom is -0.496 e. The molecule has 0 bridgehead atoms. The highest BCUT2D eigenvalue weighted by molar-refractivity contribution is 7.98. The van der Waals surface area contributed by atoms with Crippen molar-refractivity contribution in [2.45, 2.75) is 82.6 Å². The van der Waals surface area contributed by atoms with Crippen molar-refractivity contribution in [3.05, 3.63) is 29.5 Å². The van der Waals surface area contributed by atoms with E-state index in [9.17, 15) is 22.8 Å². The molecule has 258 valence electrons. The number of methoxy groups -OCH3 is 3. The molecule has 1 fully saturated rings. The number of carbonyl (C=O) groups is 2. The molecule has 1 aliphatic rings. The first-order valence-corrected chi connectivity index (χ1v) is 18.6. The molecule has 10 nitrogen and oxygen atoms in total. The van der Waals surface area contributed by atoms with Crippen LogP contribution in [0.25, 0.3) is 0 Å². The van der Waals surface area contributed by atoms with E-state index in [4.69, 9.17) is 28.1 Å². The van der Waals surface area contributed by atoms with Crippen molar-refractivity contribution < 1.29 is 50.9 Å². The maximum atomic E-state index is 12.4. The van der Waals surface area contributed by atoms with Gasteiger partial charge in [-0.15, -0.1) is 11.8 Å². The zero-order valence-corrected chi connectivity index (χ0v) is 29.6. The fourth-order valence-electron chi connectivity index (χ4n) is 3.92. The molecule has 46 heavy (non-hydrogen) atoms. The van der Waals surface area contributed by atoms with Gasteiger partial charge in [0.25, 0.3) is 0 Å². The summed E-state index contributed by atoms with van der Waals surface area (Å²) in [5, 5.41) is 4.67. The number of amides is 1. The average molecular weight is 691 g/mol. The summed E-state index contributed by atoms with van der Waals surface area (Å²) in [7, 11) is 2.63. The molecule has 0 saturated carbocycles. The van der Waals surface area contributed by atoms with Gasteiger partial charge in [-0.05, 0) is 25.1 Å². The minimum absolute atomic E-state index is 0.0106. The van der Waals surface area contributed by atoms with Crippen LogP contribution >= 0.6 is 11.8 Å². The molecule has 1 unspecified atom stereocenters. The number of carbonyl (C=O) groups excluding carboxylic acids is 2. The number of halogens is 3. The Hall–Kier alpha value is -2.90. The van der Waals surface area contributed by atoms with Gasteiger partial charge in [-0.25, -0.2) is 0 Å². The maximum absolute atomic E-state index is 12.4. The third-order valence-corrected chi connectivity index (χ3v) is 13.0. The van der Waals surface area contributed by atoms with Crippen LogP contribution < -0.4 is 24.8 Å². The number of thioether (sulfide) groups is 1. The number of nitrogens with one attached hydrogen (secondary N) is 2. The molecule has 2 N–H and O–H groups in total. The van der Waals surface area contributed by atoms with Crippen LogP contribution in [-0.2, 0) is 29.2 Å². The number of benzene rings is 1. The first-order chi connectivity index (χ1) is 21.4. The second kappa shape index (κ2) is 17.3. The molecule has 1 aromatic carbocycles. The molecule has 0 aliphatic carbocycles. The Balaban J connectivity index is 2.11. The van der Waals surface area contributed by atoms with Crippen molar-refractivity contribution in [2.24, 2.45) is 0 Å². The highest BCUT2D eigenvalue weighted by atomic mass is 32.2. The lowest BCUT2D eigenvalue weighted by molar-refractivity contribution is -0.173. The van der Waals surface area contributed by atoms with E-state index in [1.807, 2.05) is 0 Å². The van der Waals surface area contributed by atoms with Crippen LogP contribution in [0, 0.1) is 11.8 Å². The lowest BCUT2D eigenvalue weighted by Crippen LogP contribution is -2.44. The summed E-state index contributed by atoms with van der Waals surface area (Å²) in [6, 6.07) is 3.58. The van der Waals surface area contributed by atoms with Gasteiger partial charge in [-0.1, -0.05) is 32.6 Å². The SMILES string of the molecule is COc1cc(OC)c(CSCOC2C[C@H](N/C=C(/C#CCNC(=O)C(F)(F)F)C(C)=O)O[C@@H]2CO[Si](C)(C)C(C)(C)C)c(OC)c1. The number of rotatable bonds is 15. The number of hydrogen-bond donors (Lipinski definition) is 2. The Morgan fingerprint density at radius 3 is 2.26 bits per heavy atom. The Bertz CT molecular complexity index is 1270. The van der Waals surface area contributed by atoms with Crippen LogP contribution in [-0.4, -0.2) is 85.0 Å². The molecule has 1 aromatic rings. The lowest BCUT2D eigenvalue weighted by atomic mass is 10.2. The molecule has 15 heteroatoms. The van der Waals surface area contributed by atoms with E-state index in [-0.39, 0.29) is 16.7 Å². The summed E-state index contributed by atoms with van der Waals surface area (Å²) in [6.07, 6.45) is -4.53. The predicted molar refractivity (Wildman–Crippen MR) is 172 cm³/mol. The van der Waals surface area contributed by atoms with Gasteiger partial charge >= 0.3 is 12.1 Å². The van der Waals surface area contributed by atoms with Gasteiger partial charge < -0.3 is 38.7 Å². The van der Waals surface area contributed by atoms with Crippen molar-refractivity contribution in [3.63, 3.8) is 0 Å². The van der Waals surface area contributed by atoms with Crippen molar-refractivity contribution in [1.29, 1.82) is 0 Å². The van der Waals surface area contributed by atoms with Crippen LogP contribution in [0.2, 0.25) is 18.1 Å². The summed E-state index contributed by atoms with van der Waals surface area (Å²) < 4.78 is 72.5. The summed E-state index contributed by atoms with van der Waals surface area (Å²) in [5.74, 6) is 5.11. The molecule has 1 aliphatic heterocycles. The topological polar surface area (TPSA) is 114 Å². The van der Waals surface area contributed by atoms with E-state index in [1.54, 1.807) is 38.8 Å². The molecular formula is C31H45F3N2O8SSi. The van der Waals surface area contributed by atoms with Crippen LogP contribution in [0.5, 0.6) is 17.2 Å². The second-order valence-corrected chi connectivity index (χ2v) is 17.7. The molecule has 3 atom stereocenters. The van der Waals surface area contributed by atoms with Crippen molar-refractivity contribution >= 4 is 31.8 Å². The zero-order chi connectivity index (χ0) is 34.7. The first kappa shape index (κ1) is 39.3. The minimum atomic E-state index is -5.01. The van der Waals surface area contributed by atoms with Gasteiger partial charge in [-0.2, -0.15) is 13.2 Å². The highest BCUT2D eigenvalue weighted by Gasteiger charge is 2.41. The van der Waals surface area contributed by atoms with Crippen LogP contribution in [0.15, 0.2) is 23.9 Å². The number of hydrogen-bond acceptors (Lipinski definition) is 10. The van der Waals surface area contributed by atoms with E-state index >= 15 is 0 Å². The van der Waals surface area contributed by atoms with Crippen LogP contribution in [0.4, 0.5) is 13.2 Å². The molecule has 1 heterocycles. The predicted octanol–water partition coefficient (Wildman–Crippen LogP) is 5.17. The summed E-state index contributed by atoms with van der Waals surface area (Å²) in [5.41, 5.74) is 0.877. The first-order valence-electron chi connectivity index (χ1n) is 14.5. The highest BCUT2D eigenvalue weighted by Crippen LogP contribution is 2.38. The van der Waals surface area contributed by atoms with E-state index in [0.29, 0.717) is 42.0 Å². The van der Waals surface area contributed by atoms with E-state index in [1.165, 1.54) is 24.9 Å². The molecular weight excluding hydrogens is 645 g/mol. The number of allylic oxidation sites excluding steroid dienone is 1. The third kappa shape index (κ3) is 11.7. The van der Waals surface area contributed by atoms with E-state index < -0.39 is 45.1 Å². The second-order valence-electron chi connectivity index (χ2n) is 11.9. The van der Waals surface area contributed by atoms with Crippen molar-refractivity contribution in [2.75, 3.05) is 40.4 Å². The summed E-state index contributed by atoms with van der Waals surface area (Å²) >= 11 is 1.53. The van der Waals surface area contributed by atoms with Gasteiger partial charge in [0.15, 0.2) is 14.1 Å². The Kier molecular flexibility index (Phi) is 14.8. The largest absolute Gasteiger partial charge is 0.496 e. The van der Waals surface area contributed by atoms with Crippen LogP contribution in [0.3, 0.4) is 0 Å². The fraction of sp³-hybridized carbons (Fsp3) is 0.613. The van der Waals surface area contributed by atoms with Gasteiger partial charge in [0.2, 0.25) is 0 Å². The number of Topliss-reactive ketones (excluding diaryl/α,β-unsaturated/α-hetero) is 1. The Labute approximate surface area is 274 Å². The molecule has 1 amide bonds. The molecule has 2 rings (SSSR count). The van der Waals surface area contributed by atoms with Gasteiger partial charge in [0.1, 0.15) is 29.6 Å². The maximum Gasteiger partial charge on any atom is 0.471 e. The smallest absolute Gasteiger partial charge is 0.471 e. The van der Waals surface area contributed by atoms with Gasteiger partial charge in [-0.3, -0.25) is 9.59 Å². The molecule has 0 radical (unpaired) electrons.